The number of carbonyl (C=O) groups excluding carboxylic acids is 4. The smallest absolute Gasteiger partial charge is 0.414 e. The maximum absolute atomic E-state index is 12.7. The van der Waals surface area contributed by atoms with Crippen molar-refractivity contribution in [1.29, 1.82) is 0 Å². The summed E-state index contributed by atoms with van der Waals surface area (Å²) in [6, 6.07) is 7.90. The molecule has 3 N–H and O–H groups in total. The van der Waals surface area contributed by atoms with Crippen molar-refractivity contribution in [2.75, 3.05) is 33.4 Å². The summed E-state index contributed by atoms with van der Waals surface area (Å²) in [5.74, 6) is -0.930. The lowest BCUT2D eigenvalue weighted by Crippen LogP contribution is -2.44. The standard InChI is InChI=1S/C21H29N3O7/c1-29-12-13-30-21(28)24-17(14-15-6-3-2-4-7-15)18(25)9-11-23-20(27)31-19(26)16-8-5-10-22-16/h2-4,6-7,16-17,22H,5,8-14H2,1H3,(H,23,27)(H,24,28)/t16-,17?/m0/s1. The van der Waals surface area contributed by atoms with E-state index in [-0.39, 0.29) is 38.4 Å². The first-order valence-corrected chi connectivity index (χ1v) is 10.2. The highest BCUT2D eigenvalue weighted by Crippen LogP contribution is 2.07. The summed E-state index contributed by atoms with van der Waals surface area (Å²) in [6.45, 7) is 0.978. The number of hydrogen-bond acceptors (Lipinski definition) is 8. The molecule has 1 heterocycles. The first-order valence-electron chi connectivity index (χ1n) is 10.2. The molecule has 1 aliphatic heterocycles. The number of ketones is 1. The normalized spacial score (nSPS) is 16.2. The zero-order chi connectivity index (χ0) is 22.5. The summed E-state index contributed by atoms with van der Waals surface area (Å²) >= 11 is 0. The van der Waals surface area contributed by atoms with Crippen LogP contribution in [-0.2, 0) is 30.2 Å². The van der Waals surface area contributed by atoms with Crippen LogP contribution in [0.2, 0.25) is 0 Å². The molecule has 0 bridgehead atoms. The molecule has 10 nitrogen and oxygen atoms in total. The molecule has 1 saturated heterocycles. The highest BCUT2D eigenvalue weighted by atomic mass is 16.6. The molecule has 1 unspecified atom stereocenters. The van der Waals surface area contributed by atoms with Gasteiger partial charge in [-0.1, -0.05) is 30.3 Å². The third-order valence-electron chi connectivity index (χ3n) is 4.66. The number of Topliss-reactive ketones (excluding diaryl/α,β-unsaturated/α-hetero) is 1. The predicted molar refractivity (Wildman–Crippen MR) is 110 cm³/mol. The van der Waals surface area contributed by atoms with Crippen LogP contribution in [0.5, 0.6) is 0 Å². The minimum absolute atomic E-state index is 0.0330. The largest absolute Gasteiger partial charge is 0.447 e. The molecule has 0 spiro atoms. The Hall–Kier alpha value is -2.98. The van der Waals surface area contributed by atoms with Crippen molar-refractivity contribution >= 4 is 23.9 Å². The Labute approximate surface area is 181 Å². The van der Waals surface area contributed by atoms with Gasteiger partial charge >= 0.3 is 18.2 Å². The lowest BCUT2D eigenvalue weighted by molar-refractivity contribution is -0.139. The van der Waals surface area contributed by atoms with Gasteiger partial charge in [0.05, 0.1) is 12.6 Å². The zero-order valence-electron chi connectivity index (χ0n) is 17.6. The highest BCUT2D eigenvalue weighted by molar-refractivity contribution is 5.89. The molecule has 10 heteroatoms. The topological polar surface area (TPSA) is 132 Å². The second kappa shape index (κ2) is 13.3. The summed E-state index contributed by atoms with van der Waals surface area (Å²) in [4.78, 5) is 48.2. The molecule has 0 saturated carbocycles. The maximum Gasteiger partial charge on any atom is 0.414 e. The van der Waals surface area contributed by atoms with Crippen molar-refractivity contribution < 1.29 is 33.4 Å². The van der Waals surface area contributed by atoms with Gasteiger partial charge < -0.3 is 30.2 Å². The van der Waals surface area contributed by atoms with Gasteiger partial charge in [0.25, 0.3) is 0 Å². The predicted octanol–water partition coefficient (Wildman–Crippen LogP) is 0.934. The van der Waals surface area contributed by atoms with Crippen LogP contribution < -0.4 is 16.0 Å². The van der Waals surface area contributed by atoms with Crippen molar-refractivity contribution in [3.63, 3.8) is 0 Å². The molecule has 2 rings (SSSR count). The monoisotopic (exact) mass is 435 g/mol. The first-order chi connectivity index (χ1) is 15.0. The van der Waals surface area contributed by atoms with Gasteiger partial charge in [-0.15, -0.1) is 0 Å². The van der Waals surface area contributed by atoms with E-state index in [1.165, 1.54) is 7.11 Å². The van der Waals surface area contributed by atoms with Gasteiger partial charge in [0, 0.05) is 20.1 Å². The zero-order valence-corrected chi connectivity index (χ0v) is 17.6. The first kappa shape index (κ1) is 24.3. The summed E-state index contributed by atoms with van der Waals surface area (Å²) in [5, 5.41) is 7.89. The quantitative estimate of drug-likeness (QED) is 0.266. The maximum atomic E-state index is 12.7. The molecule has 0 aromatic heterocycles. The Morgan fingerprint density at radius 2 is 1.90 bits per heavy atom. The number of esters is 1. The number of nitrogens with one attached hydrogen (secondary N) is 3. The minimum atomic E-state index is -0.905. The van der Waals surface area contributed by atoms with E-state index < -0.39 is 30.2 Å². The Balaban J connectivity index is 1.82. The van der Waals surface area contributed by atoms with E-state index in [0.717, 1.165) is 12.0 Å². The molecule has 1 aromatic carbocycles. The number of amides is 2. The fourth-order valence-electron chi connectivity index (χ4n) is 3.04. The van der Waals surface area contributed by atoms with E-state index in [1.807, 2.05) is 30.3 Å². The Morgan fingerprint density at radius 3 is 2.58 bits per heavy atom. The summed E-state index contributed by atoms with van der Waals surface area (Å²) in [5.41, 5.74) is 0.861. The van der Waals surface area contributed by atoms with E-state index in [2.05, 4.69) is 16.0 Å². The number of rotatable bonds is 11. The van der Waals surface area contributed by atoms with Crippen LogP contribution in [0.1, 0.15) is 24.8 Å². The molecule has 170 valence electrons. The number of methoxy groups -OCH3 is 1. The lowest BCUT2D eigenvalue weighted by atomic mass is 10.0. The number of alkyl carbamates (subject to hydrolysis) is 2. The van der Waals surface area contributed by atoms with Crippen LogP contribution in [0, 0.1) is 0 Å². The fourth-order valence-corrected chi connectivity index (χ4v) is 3.04. The van der Waals surface area contributed by atoms with E-state index in [4.69, 9.17) is 14.2 Å². The second-order valence-electron chi connectivity index (χ2n) is 7.02. The van der Waals surface area contributed by atoms with Gasteiger partial charge in [0.2, 0.25) is 0 Å². The van der Waals surface area contributed by atoms with Crippen LogP contribution in [0.4, 0.5) is 9.59 Å². The van der Waals surface area contributed by atoms with Crippen LogP contribution in [-0.4, -0.2) is 69.4 Å². The number of carbonyl (C=O) groups is 4. The highest BCUT2D eigenvalue weighted by Gasteiger charge is 2.26. The van der Waals surface area contributed by atoms with Crippen LogP contribution >= 0.6 is 0 Å². The van der Waals surface area contributed by atoms with Crippen LogP contribution in [0.25, 0.3) is 0 Å². The van der Waals surface area contributed by atoms with E-state index in [1.54, 1.807) is 0 Å². The van der Waals surface area contributed by atoms with Crippen LogP contribution in [0.15, 0.2) is 30.3 Å². The van der Waals surface area contributed by atoms with Gasteiger partial charge in [0.15, 0.2) is 5.78 Å². The fraction of sp³-hybridized carbons (Fsp3) is 0.524. The van der Waals surface area contributed by atoms with Crippen molar-refractivity contribution in [3.05, 3.63) is 35.9 Å². The number of hydrogen-bond donors (Lipinski definition) is 3. The van der Waals surface area contributed by atoms with Gasteiger partial charge in [-0.25, -0.2) is 14.4 Å². The van der Waals surface area contributed by atoms with Crippen molar-refractivity contribution in [1.82, 2.24) is 16.0 Å². The third-order valence-corrected chi connectivity index (χ3v) is 4.66. The summed E-state index contributed by atoms with van der Waals surface area (Å²) in [6.07, 6.45) is 0.0552. The van der Waals surface area contributed by atoms with E-state index in [9.17, 15) is 19.2 Å². The van der Waals surface area contributed by atoms with Gasteiger partial charge in [-0.05, 0) is 31.4 Å². The molecule has 1 aromatic rings. The molecule has 0 aliphatic carbocycles. The number of benzene rings is 1. The molecule has 1 aliphatic rings. The van der Waals surface area contributed by atoms with Crippen LogP contribution in [0.3, 0.4) is 0 Å². The van der Waals surface area contributed by atoms with Gasteiger partial charge in [-0.2, -0.15) is 0 Å². The Bertz CT molecular complexity index is 736. The average Bonchev–Trinajstić information content (AvgIpc) is 3.29. The molecule has 31 heavy (non-hydrogen) atoms. The van der Waals surface area contributed by atoms with Crippen molar-refractivity contribution in [2.45, 2.75) is 37.8 Å². The van der Waals surface area contributed by atoms with Crippen molar-refractivity contribution in [3.8, 4) is 0 Å². The van der Waals surface area contributed by atoms with E-state index in [0.29, 0.717) is 13.0 Å². The Morgan fingerprint density at radius 1 is 1.13 bits per heavy atom. The molecule has 0 radical (unpaired) electrons. The Kier molecular flexibility index (Phi) is 10.5. The van der Waals surface area contributed by atoms with Gasteiger partial charge in [-0.3, -0.25) is 4.79 Å². The minimum Gasteiger partial charge on any atom is -0.447 e. The third kappa shape index (κ3) is 9.14. The number of ether oxygens (including phenoxy) is 3. The SMILES string of the molecule is COCCOC(=O)NC(Cc1ccccc1)C(=O)CCNC(=O)OC(=O)[C@@H]1CCCN1. The van der Waals surface area contributed by atoms with Crippen molar-refractivity contribution in [2.24, 2.45) is 0 Å². The molecule has 1 fully saturated rings. The molecular weight excluding hydrogens is 406 g/mol. The second-order valence-corrected chi connectivity index (χ2v) is 7.02. The molecular formula is C21H29N3O7. The summed E-state index contributed by atoms with van der Waals surface area (Å²) < 4.78 is 14.5. The average molecular weight is 435 g/mol. The molecule has 2 atom stereocenters. The van der Waals surface area contributed by atoms with Gasteiger partial charge in [0.1, 0.15) is 12.6 Å². The summed E-state index contributed by atoms with van der Waals surface area (Å²) in [7, 11) is 1.48. The van der Waals surface area contributed by atoms with E-state index >= 15 is 0 Å². The lowest BCUT2D eigenvalue weighted by Gasteiger charge is -2.18. The molecule has 2 amide bonds.